The molecule has 0 aromatic carbocycles. The Morgan fingerprint density at radius 1 is 1.27 bits per heavy atom. The lowest BCUT2D eigenvalue weighted by atomic mass is 9.91. The second kappa shape index (κ2) is 5.47. The number of hydrogen-bond acceptors (Lipinski definition) is 3. The Bertz CT molecular complexity index is 210. The van der Waals surface area contributed by atoms with Gasteiger partial charge in [-0.15, -0.1) is 0 Å². The monoisotopic (exact) mass is 213 g/mol. The highest BCUT2D eigenvalue weighted by atomic mass is 16.2. The zero-order valence-corrected chi connectivity index (χ0v) is 9.70. The first-order chi connectivity index (χ1) is 7.00. The number of amides is 1. The number of nitrogens with two attached hydrogens (primary N) is 2. The number of rotatable bonds is 3. The Balaban J connectivity index is 2.32. The molecule has 1 unspecified atom stereocenters. The molecular formula is C11H23N3O. The van der Waals surface area contributed by atoms with Gasteiger partial charge in [-0.05, 0) is 31.6 Å². The zero-order chi connectivity index (χ0) is 11.4. The van der Waals surface area contributed by atoms with Crippen molar-refractivity contribution in [1.82, 2.24) is 5.32 Å². The molecule has 0 aromatic heterocycles. The zero-order valence-electron chi connectivity index (χ0n) is 9.70. The summed E-state index contributed by atoms with van der Waals surface area (Å²) in [5.41, 5.74) is 11.6. The van der Waals surface area contributed by atoms with Gasteiger partial charge in [0.1, 0.15) is 0 Å². The Morgan fingerprint density at radius 2 is 1.80 bits per heavy atom. The molecule has 1 rings (SSSR count). The minimum Gasteiger partial charge on any atom is -0.352 e. The van der Waals surface area contributed by atoms with Crippen molar-refractivity contribution in [2.24, 2.45) is 17.4 Å². The third-order valence-corrected chi connectivity index (χ3v) is 3.14. The van der Waals surface area contributed by atoms with Crippen molar-refractivity contribution < 1.29 is 4.79 Å². The van der Waals surface area contributed by atoms with E-state index in [0.717, 1.165) is 25.7 Å². The topological polar surface area (TPSA) is 81.1 Å². The van der Waals surface area contributed by atoms with Crippen molar-refractivity contribution in [2.45, 2.75) is 57.7 Å². The SMILES string of the molecule is CC(C)C(N)C(=O)NC1CCC(N)CC1. The predicted molar refractivity (Wildman–Crippen MR) is 61.2 cm³/mol. The van der Waals surface area contributed by atoms with Gasteiger partial charge >= 0.3 is 0 Å². The summed E-state index contributed by atoms with van der Waals surface area (Å²) in [5, 5.41) is 3.00. The third-order valence-electron chi connectivity index (χ3n) is 3.14. The van der Waals surface area contributed by atoms with E-state index in [0.29, 0.717) is 6.04 Å². The van der Waals surface area contributed by atoms with Crippen LogP contribution in [0, 0.1) is 5.92 Å². The molecule has 4 heteroatoms. The van der Waals surface area contributed by atoms with E-state index in [1.165, 1.54) is 0 Å². The fraction of sp³-hybridized carbons (Fsp3) is 0.909. The lowest BCUT2D eigenvalue weighted by Crippen LogP contribution is -2.49. The molecule has 5 N–H and O–H groups in total. The van der Waals surface area contributed by atoms with Crippen LogP contribution < -0.4 is 16.8 Å². The summed E-state index contributed by atoms with van der Waals surface area (Å²) in [7, 11) is 0. The van der Waals surface area contributed by atoms with Crippen LogP contribution in [-0.4, -0.2) is 24.0 Å². The maximum Gasteiger partial charge on any atom is 0.237 e. The molecule has 0 aliphatic heterocycles. The fourth-order valence-electron chi connectivity index (χ4n) is 1.86. The second-order valence-electron chi connectivity index (χ2n) is 4.89. The van der Waals surface area contributed by atoms with Crippen molar-refractivity contribution in [1.29, 1.82) is 0 Å². The standard InChI is InChI=1S/C11H23N3O/c1-7(2)10(13)11(15)14-9-5-3-8(12)4-6-9/h7-10H,3-6,12-13H2,1-2H3,(H,14,15). The molecule has 0 bridgehead atoms. The number of hydrogen-bond donors (Lipinski definition) is 3. The molecule has 0 aromatic rings. The van der Waals surface area contributed by atoms with Gasteiger partial charge < -0.3 is 16.8 Å². The molecule has 4 nitrogen and oxygen atoms in total. The summed E-state index contributed by atoms with van der Waals surface area (Å²) >= 11 is 0. The van der Waals surface area contributed by atoms with Crippen molar-refractivity contribution in [3.8, 4) is 0 Å². The molecule has 1 saturated carbocycles. The molecule has 0 saturated heterocycles. The van der Waals surface area contributed by atoms with Crippen LogP contribution >= 0.6 is 0 Å². The van der Waals surface area contributed by atoms with Crippen LogP contribution in [0.15, 0.2) is 0 Å². The van der Waals surface area contributed by atoms with Crippen LogP contribution in [0.3, 0.4) is 0 Å². The molecule has 1 aliphatic carbocycles. The van der Waals surface area contributed by atoms with E-state index in [4.69, 9.17) is 11.5 Å². The van der Waals surface area contributed by atoms with Crippen molar-refractivity contribution in [3.63, 3.8) is 0 Å². The van der Waals surface area contributed by atoms with E-state index in [9.17, 15) is 4.79 Å². The number of carbonyl (C=O) groups is 1. The van der Waals surface area contributed by atoms with Crippen molar-refractivity contribution in [3.05, 3.63) is 0 Å². The van der Waals surface area contributed by atoms with Gasteiger partial charge in [0.2, 0.25) is 5.91 Å². The molecule has 1 atom stereocenters. The Labute approximate surface area is 91.8 Å². The van der Waals surface area contributed by atoms with E-state index < -0.39 is 0 Å². The Morgan fingerprint density at radius 3 is 2.27 bits per heavy atom. The van der Waals surface area contributed by atoms with Gasteiger partial charge in [-0.3, -0.25) is 4.79 Å². The highest BCUT2D eigenvalue weighted by Crippen LogP contribution is 2.17. The molecule has 1 fully saturated rings. The minimum atomic E-state index is -0.388. The summed E-state index contributed by atoms with van der Waals surface area (Å²) < 4.78 is 0. The van der Waals surface area contributed by atoms with Crippen LogP contribution in [-0.2, 0) is 4.79 Å². The Hall–Kier alpha value is -0.610. The largest absolute Gasteiger partial charge is 0.352 e. The highest BCUT2D eigenvalue weighted by Gasteiger charge is 2.23. The molecular weight excluding hydrogens is 190 g/mol. The lowest BCUT2D eigenvalue weighted by molar-refractivity contribution is -0.124. The normalized spacial score (nSPS) is 28.9. The van der Waals surface area contributed by atoms with E-state index in [-0.39, 0.29) is 23.9 Å². The quantitative estimate of drug-likeness (QED) is 0.633. The lowest BCUT2D eigenvalue weighted by Gasteiger charge is -2.28. The average molecular weight is 213 g/mol. The summed E-state index contributed by atoms with van der Waals surface area (Å²) in [6, 6.07) is 0.208. The van der Waals surface area contributed by atoms with Gasteiger partial charge in [-0.2, -0.15) is 0 Å². The van der Waals surface area contributed by atoms with Gasteiger partial charge in [-0.25, -0.2) is 0 Å². The molecule has 15 heavy (non-hydrogen) atoms. The van der Waals surface area contributed by atoms with Gasteiger partial charge in [0, 0.05) is 12.1 Å². The first-order valence-electron chi connectivity index (χ1n) is 5.82. The van der Waals surface area contributed by atoms with E-state index in [1.54, 1.807) is 0 Å². The molecule has 0 radical (unpaired) electrons. The van der Waals surface area contributed by atoms with Gasteiger partial charge in [0.25, 0.3) is 0 Å². The first-order valence-corrected chi connectivity index (χ1v) is 5.82. The van der Waals surface area contributed by atoms with Crippen LogP contribution in [0.4, 0.5) is 0 Å². The van der Waals surface area contributed by atoms with Crippen LogP contribution in [0.1, 0.15) is 39.5 Å². The van der Waals surface area contributed by atoms with E-state index in [1.807, 2.05) is 13.8 Å². The predicted octanol–water partition coefficient (Wildman–Crippen LogP) is 0.356. The maximum absolute atomic E-state index is 11.7. The average Bonchev–Trinajstić information content (AvgIpc) is 2.20. The molecule has 88 valence electrons. The van der Waals surface area contributed by atoms with E-state index in [2.05, 4.69) is 5.32 Å². The van der Waals surface area contributed by atoms with Gasteiger partial charge in [0.05, 0.1) is 6.04 Å². The van der Waals surface area contributed by atoms with E-state index >= 15 is 0 Å². The van der Waals surface area contributed by atoms with Crippen LogP contribution in [0.2, 0.25) is 0 Å². The summed E-state index contributed by atoms with van der Waals surface area (Å²) in [6.07, 6.45) is 3.97. The van der Waals surface area contributed by atoms with Crippen molar-refractivity contribution >= 4 is 5.91 Å². The second-order valence-corrected chi connectivity index (χ2v) is 4.89. The molecule has 1 aliphatic rings. The first kappa shape index (κ1) is 12.5. The van der Waals surface area contributed by atoms with Gasteiger partial charge in [0.15, 0.2) is 0 Å². The fourth-order valence-corrected chi connectivity index (χ4v) is 1.86. The minimum absolute atomic E-state index is 0.0227. The van der Waals surface area contributed by atoms with Gasteiger partial charge in [-0.1, -0.05) is 13.8 Å². The number of carbonyl (C=O) groups excluding carboxylic acids is 1. The summed E-state index contributed by atoms with van der Waals surface area (Å²) in [6.45, 7) is 3.92. The maximum atomic E-state index is 11.7. The third kappa shape index (κ3) is 3.80. The van der Waals surface area contributed by atoms with Crippen LogP contribution in [0.5, 0.6) is 0 Å². The van der Waals surface area contributed by atoms with Crippen LogP contribution in [0.25, 0.3) is 0 Å². The smallest absolute Gasteiger partial charge is 0.237 e. The molecule has 0 heterocycles. The summed E-state index contributed by atoms with van der Waals surface area (Å²) in [5.74, 6) is 0.168. The number of nitrogens with one attached hydrogen (secondary N) is 1. The Kier molecular flexibility index (Phi) is 4.54. The summed E-state index contributed by atoms with van der Waals surface area (Å²) in [4.78, 5) is 11.7. The molecule has 0 spiro atoms. The highest BCUT2D eigenvalue weighted by molar-refractivity contribution is 5.82. The molecule has 1 amide bonds. The van der Waals surface area contributed by atoms with Crippen molar-refractivity contribution in [2.75, 3.05) is 0 Å².